The molecule has 11 nitrogen and oxygen atoms in total. The van der Waals surface area contributed by atoms with Crippen molar-refractivity contribution in [3.05, 3.63) is 83.4 Å². The third-order valence-electron chi connectivity index (χ3n) is 6.50. The maximum atomic E-state index is 13.1. The third kappa shape index (κ3) is 7.23. The molecule has 0 aliphatic carbocycles. The summed E-state index contributed by atoms with van der Waals surface area (Å²) in [6.07, 6.45) is 2.54. The summed E-state index contributed by atoms with van der Waals surface area (Å²) in [6.45, 7) is 4.78. The van der Waals surface area contributed by atoms with Gasteiger partial charge in [-0.1, -0.05) is 18.6 Å². The molecule has 218 valence electrons. The number of hydrazine groups is 1. The standard InChI is InChI=1S/C28H32N4O7S2/c1-3-39-24-14-12-23(13-15-24)31-40(35,36)26-19-22(11-10-20(26)2)28(34)30-29-27(33)21-8-7-9-25(18-21)41(37,38)32-16-5-4-6-17-32/h7-15,18-19,31H,3-6,16-17H2,1-2H3,(H,29,33)(H,30,34). The van der Waals surface area contributed by atoms with Gasteiger partial charge in [0.15, 0.2) is 0 Å². The van der Waals surface area contributed by atoms with Gasteiger partial charge >= 0.3 is 0 Å². The molecule has 13 heteroatoms. The van der Waals surface area contributed by atoms with Crippen LogP contribution in [0.3, 0.4) is 0 Å². The maximum absolute atomic E-state index is 13.1. The number of benzene rings is 3. The highest BCUT2D eigenvalue weighted by Gasteiger charge is 2.26. The van der Waals surface area contributed by atoms with Crippen LogP contribution in [0.5, 0.6) is 5.75 Å². The van der Waals surface area contributed by atoms with Crippen molar-refractivity contribution in [3.8, 4) is 5.75 Å². The largest absolute Gasteiger partial charge is 0.494 e. The second-order valence-electron chi connectivity index (χ2n) is 9.44. The summed E-state index contributed by atoms with van der Waals surface area (Å²) in [5.74, 6) is -0.887. The normalized spacial score (nSPS) is 14.2. The van der Waals surface area contributed by atoms with E-state index < -0.39 is 31.9 Å². The number of carbonyl (C=O) groups is 2. The Kier molecular flexibility index (Phi) is 9.31. The zero-order chi connectivity index (χ0) is 29.6. The fourth-order valence-corrected chi connectivity index (χ4v) is 7.23. The molecule has 0 aromatic heterocycles. The number of ether oxygens (including phenoxy) is 1. The van der Waals surface area contributed by atoms with Gasteiger partial charge < -0.3 is 4.74 Å². The van der Waals surface area contributed by atoms with Crippen molar-refractivity contribution in [1.82, 2.24) is 15.2 Å². The number of nitrogens with zero attached hydrogens (tertiary/aromatic N) is 1. The second-order valence-corrected chi connectivity index (χ2v) is 13.0. The van der Waals surface area contributed by atoms with E-state index in [9.17, 15) is 26.4 Å². The van der Waals surface area contributed by atoms with Crippen molar-refractivity contribution in [2.24, 2.45) is 0 Å². The molecule has 3 aromatic carbocycles. The van der Waals surface area contributed by atoms with Crippen LogP contribution in [0.15, 0.2) is 76.5 Å². The van der Waals surface area contributed by atoms with Crippen molar-refractivity contribution in [1.29, 1.82) is 0 Å². The number of piperidine rings is 1. The molecule has 0 saturated carbocycles. The first kappa shape index (κ1) is 30.0. The van der Waals surface area contributed by atoms with E-state index in [1.54, 1.807) is 31.2 Å². The van der Waals surface area contributed by atoms with Gasteiger partial charge in [-0.2, -0.15) is 4.31 Å². The molecule has 4 rings (SSSR count). The Labute approximate surface area is 240 Å². The quantitative estimate of drug-likeness (QED) is 0.318. The van der Waals surface area contributed by atoms with Crippen LogP contribution in [-0.2, 0) is 20.0 Å². The number of anilines is 1. The predicted octanol–water partition coefficient (Wildman–Crippen LogP) is 3.44. The molecule has 1 aliphatic rings. The van der Waals surface area contributed by atoms with Crippen LogP contribution in [0.4, 0.5) is 5.69 Å². The van der Waals surface area contributed by atoms with Crippen LogP contribution in [-0.4, -0.2) is 52.7 Å². The predicted molar refractivity (Wildman–Crippen MR) is 154 cm³/mol. The molecule has 0 bridgehead atoms. The van der Waals surface area contributed by atoms with Gasteiger partial charge in [0.05, 0.1) is 16.4 Å². The van der Waals surface area contributed by atoms with Crippen molar-refractivity contribution in [3.63, 3.8) is 0 Å². The number of nitrogens with one attached hydrogen (secondary N) is 3. The molecular weight excluding hydrogens is 568 g/mol. The van der Waals surface area contributed by atoms with Crippen LogP contribution in [0.1, 0.15) is 52.5 Å². The smallest absolute Gasteiger partial charge is 0.269 e. The first-order valence-corrected chi connectivity index (χ1v) is 16.0. The fourth-order valence-electron chi connectivity index (χ4n) is 4.34. The lowest BCUT2D eigenvalue weighted by Crippen LogP contribution is -2.41. The highest BCUT2D eigenvalue weighted by molar-refractivity contribution is 7.92. The lowest BCUT2D eigenvalue weighted by molar-refractivity contribution is 0.0846. The van der Waals surface area contributed by atoms with Gasteiger partial charge in [0, 0.05) is 29.9 Å². The third-order valence-corrected chi connectivity index (χ3v) is 9.91. The van der Waals surface area contributed by atoms with Crippen LogP contribution in [0.25, 0.3) is 0 Å². The minimum atomic E-state index is -4.05. The maximum Gasteiger partial charge on any atom is 0.269 e. The zero-order valence-corrected chi connectivity index (χ0v) is 24.3. The Morgan fingerprint density at radius 2 is 1.46 bits per heavy atom. The van der Waals surface area contributed by atoms with Gasteiger partial charge in [-0.3, -0.25) is 25.2 Å². The van der Waals surface area contributed by atoms with E-state index in [2.05, 4.69) is 15.6 Å². The lowest BCUT2D eigenvalue weighted by atomic mass is 10.1. The van der Waals surface area contributed by atoms with E-state index in [1.807, 2.05) is 6.92 Å². The molecule has 41 heavy (non-hydrogen) atoms. The Morgan fingerprint density at radius 1 is 0.829 bits per heavy atom. The van der Waals surface area contributed by atoms with Crippen LogP contribution in [0.2, 0.25) is 0 Å². The Morgan fingerprint density at radius 3 is 2.10 bits per heavy atom. The summed E-state index contributed by atoms with van der Waals surface area (Å²) in [7, 11) is -7.79. The molecular formula is C28H32N4O7S2. The van der Waals surface area contributed by atoms with Crippen molar-refractivity contribution in [2.45, 2.75) is 42.9 Å². The average molecular weight is 601 g/mol. The summed E-state index contributed by atoms with van der Waals surface area (Å²) in [5, 5.41) is 0. The van der Waals surface area contributed by atoms with Gasteiger partial charge in [-0.15, -0.1) is 0 Å². The summed E-state index contributed by atoms with van der Waals surface area (Å²) < 4.78 is 61.4. The summed E-state index contributed by atoms with van der Waals surface area (Å²) in [5.41, 5.74) is 5.28. The highest BCUT2D eigenvalue weighted by Crippen LogP contribution is 2.23. The van der Waals surface area contributed by atoms with E-state index in [-0.39, 0.29) is 20.9 Å². The van der Waals surface area contributed by atoms with Gasteiger partial charge in [0.25, 0.3) is 21.8 Å². The first-order chi connectivity index (χ1) is 19.5. The molecule has 3 aromatic rings. The molecule has 1 fully saturated rings. The number of aryl methyl sites for hydroxylation is 1. The fraction of sp³-hybridized carbons (Fsp3) is 0.286. The zero-order valence-electron chi connectivity index (χ0n) is 22.7. The molecule has 1 heterocycles. The number of amides is 2. The van der Waals surface area contributed by atoms with E-state index in [0.29, 0.717) is 36.7 Å². The average Bonchev–Trinajstić information content (AvgIpc) is 2.97. The van der Waals surface area contributed by atoms with Crippen LogP contribution < -0.4 is 20.3 Å². The number of hydrogen-bond acceptors (Lipinski definition) is 7. The van der Waals surface area contributed by atoms with Gasteiger partial charge in [-0.05, 0) is 86.8 Å². The monoisotopic (exact) mass is 600 g/mol. The molecule has 0 spiro atoms. The molecule has 1 aliphatic heterocycles. The molecule has 3 N–H and O–H groups in total. The topological polar surface area (TPSA) is 151 Å². The lowest BCUT2D eigenvalue weighted by Gasteiger charge is -2.26. The van der Waals surface area contributed by atoms with Gasteiger partial charge in [0.1, 0.15) is 5.75 Å². The molecule has 0 radical (unpaired) electrons. The van der Waals surface area contributed by atoms with Gasteiger partial charge in [0.2, 0.25) is 10.0 Å². The molecule has 0 unspecified atom stereocenters. The molecule has 1 saturated heterocycles. The van der Waals surface area contributed by atoms with Crippen molar-refractivity contribution in [2.75, 3.05) is 24.4 Å². The highest BCUT2D eigenvalue weighted by atomic mass is 32.2. The number of sulfonamides is 2. The molecule has 2 amide bonds. The number of carbonyl (C=O) groups excluding carboxylic acids is 2. The van der Waals surface area contributed by atoms with Crippen molar-refractivity contribution < 1.29 is 31.2 Å². The van der Waals surface area contributed by atoms with E-state index in [4.69, 9.17) is 4.74 Å². The second kappa shape index (κ2) is 12.7. The summed E-state index contributed by atoms with van der Waals surface area (Å²) in [6, 6.07) is 16.1. The van der Waals surface area contributed by atoms with Crippen LogP contribution in [0, 0.1) is 6.92 Å². The number of hydrogen-bond donors (Lipinski definition) is 3. The molecule has 0 atom stereocenters. The van der Waals surface area contributed by atoms with Gasteiger partial charge in [-0.25, -0.2) is 16.8 Å². The summed E-state index contributed by atoms with van der Waals surface area (Å²) >= 11 is 0. The Hall–Kier alpha value is -3.94. The Bertz CT molecular complexity index is 1630. The number of rotatable bonds is 9. The van der Waals surface area contributed by atoms with Crippen molar-refractivity contribution >= 4 is 37.5 Å². The Balaban J connectivity index is 1.44. The summed E-state index contributed by atoms with van der Waals surface area (Å²) in [4.78, 5) is 25.4. The van der Waals surface area contributed by atoms with E-state index in [1.165, 1.54) is 46.8 Å². The van der Waals surface area contributed by atoms with E-state index in [0.717, 1.165) is 19.3 Å². The minimum absolute atomic E-state index is 0.00760. The van der Waals surface area contributed by atoms with E-state index >= 15 is 0 Å². The minimum Gasteiger partial charge on any atom is -0.494 e. The van der Waals surface area contributed by atoms with Crippen LogP contribution >= 0.6 is 0 Å². The first-order valence-electron chi connectivity index (χ1n) is 13.1. The SMILES string of the molecule is CCOc1ccc(NS(=O)(=O)c2cc(C(=O)NNC(=O)c3cccc(S(=O)(=O)N4CCCCC4)c3)ccc2C)cc1.